The van der Waals surface area contributed by atoms with E-state index in [1.54, 1.807) is 0 Å². The second-order valence-electron chi connectivity index (χ2n) is 14.6. The summed E-state index contributed by atoms with van der Waals surface area (Å²) in [5.41, 5.74) is 13.5. The number of fused-ring (bicyclic) bond motifs is 2. The number of allylic oxidation sites excluding steroid dienone is 9. The lowest BCUT2D eigenvalue weighted by Gasteiger charge is -2.18. The summed E-state index contributed by atoms with van der Waals surface area (Å²) in [6, 6.07) is 58.3. The van der Waals surface area contributed by atoms with Gasteiger partial charge in [0.2, 0.25) is 0 Å². The molecule has 0 unspecified atom stereocenters. The molecule has 8 aromatic rings. The lowest BCUT2D eigenvalue weighted by atomic mass is 9.85. The molecule has 2 nitrogen and oxygen atoms in total. The summed E-state index contributed by atoms with van der Waals surface area (Å²) in [6.07, 6.45) is 20.9. The number of hydrogen-bond donors (Lipinski definition) is 0. The van der Waals surface area contributed by atoms with Gasteiger partial charge in [-0.15, -0.1) is 0 Å². The molecule has 1 aliphatic rings. The van der Waals surface area contributed by atoms with Gasteiger partial charge in [0.25, 0.3) is 0 Å². The minimum atomic E-state index is 0.697. The first-order valence-corrected chi connectivity index (χ1v) is 20.3. The van der Waals surface area contributed by atoms with Crippen LogP contribution >= 0.6 is 0 Å². The first-order chi connectivity index (χ1) is 28.7. The molecule has 0 atom stereocenters. The maximum Gasteiger partial charge on any atom is 0.160 e. The zero-order chi connectivity index (χ0) is 39.1. The molecule has 0 radical (unpaired) electrons. The summed E-state index contributed by atoms with van der Waals surface area (Å²) in [4.78, 5) is 10.5. The number of hydrogen-bond acceptors (Lipinski definition) is 2. The van der Waals surface area contributed by atoms with Crippen LogP contribution < -0.4 is 0 Å². The summed E-state index contributed by atoms with van der Waals surface area (Å²) in [7, 11) is 0. The van der Waals surface area contributed by atoms with Gasteiger partial charge >= 0.3 is 0 Å². The highest BCUT2D eigenvalue weighted by Gasteiger charge is 2.18. The van der Waals surface area contributed by atoms with Crippen molar-refractivity contribution in [1.29, 1.82) is 0 Å². The van der Waals surface area contributed by atoms with Crippen LogP contribution in [0.15, 0.2) is 206 Å². The van der Waals surface area contributed by atoms with E-state index >= 15 is 0 Å². The number of rotatable bonds is 10. The first kappa shape index (κ1) is 36.5. The lowest BCUT2D eigenvalue weighted by molar-refractivity contribution is 1.04. The Morgan fingerprint density at radius 2 is 1.16 bits per heavy atom. The predicted molar refractivity (Wildman–Crippen MR) is 248 cm³/mol. The number of benzene rings is 7. The Bertz CT molecular complexity index is 2850. The van der Waals surface area contributed by atoms with Crippen LogP contribution in [-0.2, 0) is 0 Å². The Morgan fingerprint density at radius 3 is 1.83 bits per heavy atom. The zero-order valence-corrected chi connectivity index (χ0v) is 32.7. The van der Waals surface area contributed by atoms with E-state index in [4.69, 9.17) is 9.97 Å². The predicted octanol–water partition coefficient (Wildman–Crippen LogP) is 15.2. The highest BCUT2D eigenvalue weighted by molar-refractivity contribution is 6.21. The third-order valence-electron chi connectivity index (χ3n) is 10.9. The molecule has 0 N–H and O–H groups in total. The quantitative estimate of drug-likeness (QED) is 0.103. The second kappa shape index (κ2) is 16.9. The van der Waals surface area contributed by atoms with Crippen LogP contribution in [0, 0.1) is 0 Å². The maximum absolute atomic E-state index is 5.26. The summed E-state index contributed by atoms with van der Waals surface area (Å²) in [6.45, 7) is 2.08. The van der Waals surface area contributed by atoms with E-state index in [1.807, 2.05) is 6.07 Å². The van der Waals surface area contributed by atoms with Gasteiger partial charge in [-0.25, -0.2) is 9.97 Å². The molecular formula is C56H44N2. The molecule has 0 saturated carbocycles. The molecule has 1 heterocycles. The molecule has 0 amide bonds. The minimum Gasteiger partial charge on any atom is -0.228 e. The highest BCUT2D eigenvalue weighted by atomic mass is 14.9. The average molecular weight is 745 g/mol. The summed E-state index contributed by atoms with van der Waals surface area (Å²) in [5.74, 6) is 0.697. The van der Waals surface area contributed by atoms with Crippen molar-refractivity contribution >= 4 is 38.8 Å². The van der Waals surface area contributed by atoms with Crippen molar-refractivity contribution in [2.24, 2.45) is 0 Å². The fourth-order valence-corrected chi connectivity index (χ4v) is 8.17. The zero-order valence-electron chi connectivity index (χ0n) is 32.7. The van der Waals surface area contributed by atoms with Crippen LogP contribution in [0.5, 0.6) is 0 Å². The van der Waals surface area contributed by atoms with E-state index in [0.717, 1.165) is 52.9 Å². The van der Waals surface area contributed by atoms with Crippen LogP contribution in [0.1, 0.15) is 43.0 Å². The van der Waals surface area contributed by atoms with Crippen molar-refractivity contribution in [3.05, 3.63) is 223 Å². The van der Waals surface area contributed by atoms with E-state index in [2.05, 4.69) is 213 Å². The van der Waals surface area contributed by atoms with Gasteiger partial charge in [0.05, 0.1) is 11.4 Å². The fraction of sp³-hybridized carbons (Fsp3) is 0.0714. The van der Waals surface area contributed by atoms with Crippen molar-refractivity contribution in [3.63, 3.8) is 0 Å². The van der Waals surface area contributed by atoms with Crippen LogP contribution in [0.3, 0.4) is 0 Å². The van der Waals surface area contributed by atoms with Crippen LogP contribution in [0.25, 0.3) is 83.7 Å². The van der Waals surface area contributed by atoms with Crippen LogP contribution in [0.2, 0.25) is 0 Å². The van der Waals surface area contributed by atoms with Gasteiger partial charge < -0.3 is 0 Å². The minimum absolute atomic E-state index is 0.697. The van der Waals surface area contributed by atoms with Crippen molar-refractivity contribution in [2.75, 3.05) is 0 Å². The molecule has 9 rings (SSSR count). The molecule has 7 aromatic carbocycles. The maximum atomic E-state index is 5.26. The molecule has 0 bridgehead atoms. The van der Waals surface area contributed by atoms with Crippen molar-refractivity contribution in [2.45, 2.75) is 26.2 Å². The van der Waals surface area contributed by atoms with E-state index in [9.17, 15) is 0 Å². The topological polar surface area (TPSA) is 25.8 Å². The number of nitrogens with zero attached hydrogens (tertiary/aromatic N) is 2. The van der Waals surface area contributed by atoms with Crippen LogP contribution in [-0.4, -0.2) is 9.97 Å². The summed E-state index contributed by atoms with van der Waals surface area (Å²) < 4.78 is 0. The smallest absolute Gasteiger partial charge is 0.160 e. The average Bonchev–Trinajstić information content (AvgIpc) is 3.30. The monoisotopic (exact) mass is 744 g/mol. The van der Waals surface area contributed by atoms with E-state index < -0.39 is 0 Å². The molecule has 2 heteroatoms. The van der Waals surface area contributed by atoms with Crippen molar-refractivity contribution in [1.82, 2.24) is 9.97 Å². The first-order valence-electron chi connectivity index (χ1n) is 20.3. The van der Waals surface area contributed by atoms with Gasteiger partial charge in [-0.2, -0.15) is 0 Å². The van der Waals surface area contributed by atoms with E-state index in [1.165, 1.54) is 54.9 Å². The Balaban J connectivity index is 1.09. The third kappa shape index (κ3) is 7.53. The molecule has 1 aliphatic carbocycles. The van der Waals surface area contributed by atoms with E-state index in [-0.39, 0.29) is 0 Å². The van der Waals surface area contributed by atoms with Gasteiger partial charge in [-0.3, -0.25) is 0 Å². The largest absolute Gasteiger partial charge is 0.228 e. The molecule has 278 valence electrons. The molecular weight excluding hydrogens is 701 g/mol. The van der Waals surface area contributed by atoms with Gasteiger partial charge in [0.15, 0.2) is 5.82 Å². The number of aromatic nitrogens is 2. The normalized spacial score (nSPS) is 13.2. The summed E-state index contributed by atoms with van der Waals surface area (Å²) >= 11 is 0. The Kier molecular flexibility index (Phi) is 10.6. The molecule has 58 heavy (non-hydrogen) atoms. The molecule has 0 saturated heterocycles. The van der Waals surface area contributed by atoms with E-state index in [0.29, 0.717) is 5.82 Å². The molecule has 0 spiro atoms. The molecule has 1 aromatic heterocycles. The SMILES string of the molecule is C/C=C(\C=C/C/C=C/c1ccccc1C1=CCCC=C1)c1cc(-c2ccccc2)nc(-c2cccc(-c3c4ccccc4c(-c4ccccc4)c4ccccc34)c2)n1. The summed E-state index contributed by atoms with van der Waals surface area (Å²) in [5, 5.41) is 4.91. The highest BCUT2D eigenvalue weighted by Crippen LogP contribution is 2.44. The Labute approximate surface area is 341 Å². The van der Waals surface area contributed by atoms with Gasteiger partial charge in [0.1, 0.15) is 0 Å². The third-order valence-corrected chi connectivity index (χ3v) is 10.9. The van der Waals surface area contributed by atoms with Crippen molar-refractivity contribution < 1.29 is 0 Å². The Hall–Kier alpha value is -7.16. The second-order valence-corrected chi connectivity index (χ2v) is 14.6. The lowest BCUT2D eigenvalue weighted by Crippen LogP contribution is -1.98. The Morgan fingerprint density at radius 1 is 0.552 bits per heavy atom. The molecule has 0 fully saturated rings. The molecule has 0 aliphatic heterocycles. The van der Waals surface area contributed by atoms with Gasteiger partial charge in [0, 0.05) is 11.1 Å². The standard InChI is InChI=1S/C56H44N2/c1-2-40(22-7-3-8-25-42-26-15-16-33-47(42)41-23-9-4-10-24-41)52-39-53(43-27-11-5-12-28-43)58-56(57-52)46-32-21-31-45(38-46)55-50-36-19-17-34-48(50)54(44-29-13-6-14-30-44)49-35-18-20-37-51(49)55/h2,5-9,11-39H,3-4,10H2,1H3/b22-7-,25-8+,40-2+. The van der Waals surface area contributed by atoms with Gasteiger partial charge in [-0.05, 0) is 104 Å². The fourth-order valence-electron chi connectivity index (χ4n) is 8.17. The van der Waals surface area contributed by atoms with Crippen molar-refractivity contribution in [3.8, 4) is 44.9 Å². The van der Waals surface area contributed by atoms with Gasteiger partial charge in [-0.1, -0.05) is 200 Å². The van der Waals surface area contributed by atoms with Crippen LogP contribution in [0.4, 0.5) is 0 Å².